The minimum Gasteiger partial charge on any atom is -0.294 e. The molecule has 2 heteroatoms. The van der Waals surface area contributed by atoms with E-state index in [1.54, 1.807) is 0 Å². The fourth-order valence-corrected chi connectivity index (χ4v) is 1.85. The Morgan fingerprint density at radius 3 is 2.56 bits per heavy atom. The summed E-state index contributed by atoms with van der Waals surface area (Å²) >= 11 is 0. The van der Waals surface area contributed by atoms with Crippen LogP contribution in [0.4, 0.5) is 0 Å². The van der Waals surface area contributed by atoms with Crippen LogP contribution in [0.15, 0.2) is 12.1 Å². The number of ketones is 1. The molecule has 1 heterocycles. The van der Waals surface area contributed by atoms with E-state index in [2.05, 4.69) is 18.4 Å². The first-order chi connectivity index (χ1) is 7.57. The van der Waals surface area contributed by atoms with Crippen LogP contribution in [-0.4, -0.2) is 5.78 Å². The average molecular weight is 220 g/mol. The number of hydrogen-bond acceptors (Lipinski definition) is 1. The quantitative estimate of drug-likeness (QED) is 0.424. The zero-order valence-corrected chi connectivity index (χ0v) is 10.8. The highest BCUT2D eigenvalue weighted by atomic mass is 16.1. The largest absolute Gasteiger partial charge is 0.294 e. The standard InChI is InChI=1S/C14H22NO/c1-5-6-7-8-14(16)13-10-9-11(2)15(4)12(13)3/h9-10H,5-8H2,1-4H3/q+1. The van der Waals surface area contributed by atoms with E-state index in [1.807, 2.05) is 26.1 Å². The van der Waals surface area contributed by atoms with Crippen LogP contribution in [0.25, 0.3) is 0 Å². The summed E-state index contributed by atoms with van der Waals surface area (Å²) < 4.78 is 2.08. The van der Waals surface area contributed by atoms with Gasteiger partial charge in [-0.25, -0.2) is 4.57 Å². The lowest BCUT2D eigenvalue weighted by atomic mass is 10.0. The molecule has 0 saturated carbocycles. The molecule has 1 rings (SSSR count). The topological polar surface area (TPSA) is 20.9 Å². The van der Waals surface area contributed by atoms with Gasteiger partial charge in [0.1, 0.15) is 7.05 Å². The highest BCUT2D eigenvalue weighted by molar-refractivity contribution is 5.96. The Morgan fingerprint density at radius 2 is 1.94 bits per heavy atom. The Hall–Kier alpha value is -1.18. The second-order valence-electron chi connectivity index (χ2n) is 4.41. The first kappa shape index (κ1) is 12.9. The number of unbranched alkanes of at least 4 members (excludes halogenated alkanes) is 2. The summed E-state index contributed by atoms with van der Waals surface area (Å²) in [5.74, 6) is 0.279. The molecule has 0 fully saturated rings. The molecule has 0 unspecified atom stereocenters. The Balaban J connectivity index is 2.80. The van der Waals surface area contributed by atoms with Gasteiger partial charge in [0.05, 0.1) is 5.56 Å². The molecule has 0 atom stereocenters. The summed E-state index contributed by atoms with van der Waals surface area (Å²) in [7, 11) is 2.01. The van der Waals surface area contributed by atoms with Gasteiger partial charge in [-0.3, -0.25) is 4.79 Å². The van der Waals surface area contributed by atoms with E-state index in [0.29, 0.717) is 6.42 Å². The van der Waals surface area contributed by atoms with Crippen molar-refractivity contribution in [2.75, 3.05) is 0 Å². The van der Waals surface area contributed by atoms with Gasteiger partial charge in [0.2, 0.25) is 0 Å². The number of Topliss-reactive ketones (excluding diaryl/α,β-unsaturated/α-hetero) is 1. The predicted molar refractivity (Wildman–Crippen MR) is 65.6 cm³/mol. The predicted octanol–water partition coefficient (Wildman–Crippen LogP) is 2.89. The maximum Gasteiger partial charge on any atom is 0.189 e. The first-order valence-corrected chi connectivity index (χ1v) is 6.07. The summed E-state index contributed by atoms with van der Waals surface area (Å²) in [5.41, 5.74) is 3.13. The van der Waals surface area contributed by atoms with Gasteiger partial charge < -0.3 is 0 Å². The van der Waals surface area contributed by atoms with Gasteiger partial charge in [0, 0.05) is 26.3 Å². The summed E-state index contributed by atoms with van der Waals surface area (Å²) in [4.78, 5) is 12.0. The van der Waals surface area contributed by atoms with Gasteiger partial charge in [-0.05, 0) is 12.5 Å². The smallest absolute Gasteiger partial charge is 0.189 e. The van der Waals surface area contributed by atoms with Crippen molar-refractivity contribution in [2.45, 2.75) is 46.5 Å². The molecule has 0 aliphatic rings. The van der Waals surface area contributed by atoms with Crippen molar-refractivity contribution in [2.24, 2.45) is 7.05 Å². The Bertz CT molecular complexity index is 383. The van der Waals surface area contributed by atoms with Crippen molar-refractivity contribution in [3.8, 4) is 0 Å². The molecule has 1 aromatic heterocycles. The maximum atomic E-state index is 12.0. The molecular weight excluding hydrogens is 198 g/mol. The lowest BCUT2D eigenvalue weighted by molar-refractivity contribution is -0.683. The molecule has 0 aliphatic carbocycles. The zero-order valence-electron chi connectivity index (χ0n) is 10.8. The molecule has 0 N–H and O–H groups in total. The minimum absolute atomic E-state index is 0.279. The van der Waals surface area contributed by atoms with E-state index >= 15 is 0 Å². The molecule has 0 radical (unpaired) electrons. The summed E-state index contributed by atoms with van der Waals surface area (Å²) in [6, 6.07) is 3.97. The minimum atomic E-state index is 0.279. The van der Waals surface area contributed by atoms with Crippen LogP contribution in [-0.2, 0) is 7.05 Å². The van der Waals surface area contributed by atoms with Gasteiger partial charge in [0.25, 0.3) is 0 Å². The van der Waals surface area contributed by atoms with Crippen molar-refractivity contribution in [1.29, 1.82) is 0 Å². The first-order valence-electron chi connectivity index (χ1n) is 6.07. The molecule has 0 aliphatic heterocycles. The van der Waals surface area contributed by atoms with Crippen LogP contribution in [0.3, 0.4) is 0 Å². The summed E-state index contributed by atoms with van der Waals surface area (Å²) in [5, 5.41) is 0. The van der Waals surface area contributed by atoms with Gasteiger partial charge >= 0.3 is 0 Å². The number of rotatable bonds is 5. The normalized spacial score (nSPS) is 10.5. The van der Waals surface area contributed by atoms with E-state index in [0.717, 1.165) is 30.5 Å². The number of hydrogen-bond donors (Lipinski definition) is 0. The Labute approximate surface area is 98.3 Å². The molecule has 0 aromatic carbocycles. The van der Waals surface area contributed by atoms with E-state index in [9.17, 15) is 4.79 Å². The molecule has 0 amide bonds. The fourth-order valence-electron chi connectivity index (χ4n) is 1.85. The molecular formula is C14H22NO+. The van der Waals surface area contributed by atoms with Gasteiger partial charge in [-0.15, -0.1) is 0 Å². The summed E-state index contributed by atoms with van der Waals surface area (Å²) in [6.45, 7) is 6.22. The van der Waals surface area contributed by atoms with Crippen LogP contribution in [0.5, 0.6) is 0 Å². The van der Waals surface area contributed by atoms with Crippen molar-refractivity contribution < 1.29 is 9.36 Å². The molecule has 0 saturated heterocycles. The number of aromatic nitrogens is 1. The molecule has 0 spiro atoms. The third kappa shape index (κ3) is 2.91. The number of aryl methyl sites for hydroxylation is 1. The van der Waals surface area contributed by atoms with Crippen LogP contribution in [0.2, 0.25) is 0 Å². The van der Waals surface area contributed by atoms with E-state index in [4.69, 9.17) is 0 Å². The average Bonchev–Trinajstić information content (AvgIpc) is 2.26. The van der Waals surface area contributed by atoms with Crippen molar-refractivity contribution >= 4 is 5.78 Å². The van der Waals surface area contributed by atoms with E-state index in [1.165, 1.54) is 5.69 Å². The fraction of sp³-hybridized carbons (Fsp3) is 0.571. The third-order valence-corrected chi connectivity index (χ3v) is 3.22. The van der Waals surface area contributed by atoms with Crippen molar-refractivity contribution in [3.05, 3.63) is 29.1 Å². The highest BCUT2D eigenvalue weighted by Crippen LogP contribution is 2.10. The Kier molecular flexibility index (Phi) is 4.66. The molecule has 1 aromatic rings. The lowest BCUT2D eigenvalue weighted by Crippen LogP contribution is -2.37. The number of nitrogens with zero attached hydrogens (tertiary/aromatic N) is 1. The molecule has 88 valence electrons. The van der Waals surface area contributed by atoms with Crippen molar-refractivity contribution in [3.63, 3.8) is 0 Å². The Morgan fingerprint density at radius 1 is 1.25 bits per heavy atom. The van der Waals surface area contributed by atoms with Crippen molar-refractivity contribution in [1.82, 2.24) is 0 Å². The number of carbonyl (C=O) groups excluding carboxylic acids is 1. The van der Waals surface area contributed by atoms with E-state index < -0.39 is 0 Å². The maximum absolute atomic E-state index is 12.0. The third-order valence-electron chi connectivity index (χ3n) is 3.22. The lowest BCUT2D eigenvalue weighted by Gasteiger charge is -2.04. The monoisotopic (exact) mass is 220 g/mol. The molecule has 16 heavy (non-hydrogen) atoms. The zero-order chi connectivity index (χ0) is 12.1. The van der Waals surface area contributed by atoms with Crippen LogP contribution < -0.4 is 4.57 Å². The van der Waals surface area contributed by atoms with Crippen LogP contribution in [0.1, 0.15) is 54.4 Å². The van der Waals surface area contributed by atoms with Gasteiger partial charge in [0.15, 0.2) is 17.2 Å². The second kappa shape index (κ2) is 5.78. The summed E-state index contributed by atoms with van der Waals surface area (Å²) in [6.07, 6.45) is 3.99. The van der Waals surface area contributed by atoms with Crippen LogP contribution >= 0.6 is 0 Å². The van der Waals surface area contributed by atoms with Gasteiger partial charge in [-0.2, -0.15) is 0 Å². The highest BCUT2D eigenvalue weighted by Gasteiger charge is 2.16. The molecule has 2 nitrogen and oxygen atoms in total. The van der Waals surface area contributed by atoms with Crippen LogP contribution in [0, 0.1) is 13.8 Å². The molecule has 0 bridgehead atoms. The van der Waals surface area contributed by atoms with E-state index in [-0.39, 0.29) is 5.78 Å². The van der Waals surface area contributed by atoms with Gasteiger partial charge in [-0.1, -0.05) is 19.8 Å². The number of carbonyl (C=O) groups is 1. The SMILES string of the molecule is CCCCCC(=O)c1ccc(C)[n+](C)c1C. The number of pyridine rings is 1. The second-order valence-corrected chi connectivity index (χ2v) is 4.41.